The van der Waals surface area contributed by atoms with Crippen molar-refractivity contribution >= 4 is 21.6 Å². The van der Waals surface area contributed by atoms with Crippen molar-refractivity contribution in [2.24, 2.45) is 0 Å². The second kappa shape index (κ2) is 7.92. The molecule has 9 heteroatoms. The highest BCUT2D eigenvalue weighted by atomic mass is 32.2. The number of carbonyl (C=O) groups is 1. The molecule has 0 radical (unpaired) electrons. The number of carbonyl (C=O) groups excluding carboxylic acids is 1. The minimum Gasteiger partial charge on any atom is -0.352 e. The van der Waals surface area contributed by atoms with E-state index in [0.29, 0.717) is 12.8 Å². The zero-order valence-electron chi connectivity index (χ0n) is 14.3. The SMILES string of the molecule is CC[C@H](C)NC(=O)[C@H]1CCCCN1S(=O)(=O)c1ccc([N+](=O)[O-])cc1. The van der Waals surface area contributed by atoms with Gasteiger partial charge >= 0.3 is 0 Å². The quantitative estimate of drug-likeness (QED) is 0.609. The van der Waals surface area contributed by atoms with Gasteiger partial charge in [-0.1, -0.05) is 13.3 Å². The lowest BCUT2D eigenvalue weighted by Crippen LogP contribution is -2.53. The Hall–Kier alpha value is -2.00. The summed E-state index contributed by atoms with van der Waals surface area (Å²) in [6, 6.07) is 3.97. The van der Waals surface area contributed by atoms with Gasteiger partial charge < -0.3 is 5.32 Å². The minimum absolute atomic E-state index is 0.0293. The molecular weight excluding hydrogens is 346 g/mol. The Morgan fingerprint density at radius 3 is 2.56 bits per heavy atom. The molecule has 1 aliphatic heterocycles. The summed E-state index contributed by atoms with van der Waals surface area (Å²) >= 11 is 0. The molecule has 0 aliphatic carbocycles. The molecule has 25 heavy (non-hydrogen) atoms. The van der Waals surface area contributed by atoms with Gasteiger partial charge in [-0.3, -0.25) is 14.9 Å². The smallest absolute Gasteiger partial charge is 0.269 e. The maximum Gasteiger partial charge on any atom is 0.269 e. The van der Waals surface area contributed by atoms with Crippen LogP contribution in [0.3, 0.4) is 0 Å². The summed E-state index contributed by atoms with van der Waals surface area (Å²) in [5.41, 5.74) is -0.177. The van der Waals surface area contributed by atoms with E-state index in [0.717, 1.165) is 25.0 Å². The summed E-state index contributed by atoms with van der Waals surface area (Å²) < 4.78 is 27.0. The first kappa shape index (κ1) is 19.3. The number of sulfonamides is 1. The van der Waals surface area contributed by atoms with E-state index in [1.54, 1.807) is 0 Å². The second-order valence-corrected chi connectivity index (χ2v) is 8.09. The third-order valence-corrected chi connectivity index (χ3v) is 6.33. The molecule has 1 aromatic rings. The highest BCUT2D eigenvalue weighted by molar-refractivity contribution is 7.89. The number of hydrogen-bond acceptors (Lipinski definition) is 5. The first-order valence-electron chi connectivity index (χ1n) is 8.34. The summed E-state index contributed by atoms with van der Waals surface area (Å²) in [5, 5.41) is 13.6. The van der Waals surface area contributed by atoms with Gasteiger partial charge in [0, 0.05) is 24.7 Å². The van der Waals surface area contributed by atoms with E-state index in [2.05, 4.69) is 5.32 Å². The molecule has 8 nitrogen and oxygen atoms in total. The number of nitrogens with zero attached hydrogens (tertiary/aromatic N) is 2. The molecule has 2 rings (SSSR count). The van der Waals surface area contributed by atoms with E-state index in [4.69, 9.17) is 0 Å². The van der Waals surface area contributed by atoms with Gasteiger partial charge in [0.2, 0.25) is 15.9 Å². The maximum atomic E-state index is 12.9. The number of non-ortho nitro benzene ring substituents is 1. The summed E-state index contributed by atoms with van der Waals surface area (Å²) in [4.78, 5) is 22.6. The average Bonchev–Trinajstić information content (AvgIpc) is 2.61. The Morgan fingerprint density at radius 1 is 1.36 bits per heavy atom. The van der Waals surface area contributed by atoms with E-state index in [-0.39, 0.29) is 29.1 Å². The molecule has 1 fully saturated rings. The third kappa shape index (κ3) is 4.35. The fourth-order valence-electron chi connectivity index (χ4n) is 2.77. The molecule has 1 heterocycles. The standard InChI is InChI=1S/C16H23N3O5S/c1-3-12(2)17-16(20)15-6-4-5-11-18(15)25(23,24)14-9-7-13(8-10-14)19(21)22/h7-10,12,15H,3-6,11H2,1-2H3,(H,17,20)/t12-,15+/m0/s1. The van der Waals surface area contributed by atoms with E-state index in [1.807, 2.05) is 13.8 Å². The highest BCUT2D eigenvalue weighted by Gasteiger charge is 2.37. The number of rotatable bonds is 6. The lowest BCUT2D eigenvalue weighted by Gasteiger charge is -2.34. The predicted molar refractivity (Wildman–Crippen MR) is 92.5 cm³/mol. The Labute approximate surface area is 147 Å². The number of hydrogen-bond donors (Lipinski definition) is 1. The molecule has 0 saturated carbocycles. The van der Waals surface area contributed by atoms with E-state index in [9.17, 15) is 23.3 Å². The number of amides is 1. The topological polar surface area (TPSA) is 110 Å². The van der Waals surface area contributed by atoms with Crippen LogP contribution in [0.15, 0.2) is 29.2 Å². The van der Waals surface area contributed by atoms with Crippen LogP contribution in [-0.4, -0.2) is 42.2 Å². The van der Waals surface area contributed by atoms with Gasteiger partial charge in [0.1, 0.15) is 6.04 Å². The highest BCUT2D eigenvalue weighted by Crippen LogP contribution is 2.26. The number of piperidine rings is 1. The lowest BCUT2D eigenvalue weighted by molar-refractivity contribution is -0.384. The number of nitro groups is 1. The Morgan fingerprint density at radius 2 is 2.00 bits per heavy atom. The number of nitro benzene ring substituents is 1. The van der Waals surface area contributed by atoms with Crippen LogP contribution in [0.5, 0.6) is 0 Å². The first-order valence-corrected chi connectivity index (χ1v) is 9.78. The molecule has 1 amide bonds. The maximum absolute atomic E-state index is 12.9. The number of nitrogens with one attached hydrogen (secondary N) is 1. The molecule has 1 saturated heterocycles. The van der Waals surface area contributed by atoms with Crippen LogP contribution in [0, 0.1) is 10.1 Å². The van der Waals surface area contributed by atoms with Gasteiger partial charge in [-0.15, -0.1) is 0 Å². The molecule has 138 valence electrons. The normalized spacial score (nSPS) is 20.0. The Kier molecular flexibility index (Phi) is 6.12. The van der Waals surface area contributed by atoms with Crippen LogP contribution in [0.4, 0.5) is 5.69 Å². The first-order chi connectivity index (χ1) is 11.8. The van der Waals surface area contributed by atoms with Crippen molar-refractivity contribution in [3.8, 4) is 0 Å². The Balaban J connectivity index is 2.28. The van der Waals surface area contributed by atoms with E-state index >= 15 is 0 Å². The molecule has 1 N–H and O–H groups in total. The minimum atomic E-state index is -3.89. The van der Waals surface area contributed by atoms with Gasteiger partial charge in [0.15, 0.2) is 0 Å². The van der Waals surface area contributed by atoms with Crippen molar-refractivity contribution in [3.05, 3.63) is 34.4 Å². The number of benzene rings is 1. The zero-order valence-corrected chi connectivity index (χ0v) is 15.2. The van der Waals surface area contributed by atoms with E-state index in [1.165, 1.54) is 16.4 Å². The van der Waals surface area contributed by atoms with Gasteiger partial charge in [0.25, 0.3) is 5.69 Å². The van der Waals surface area contributed by atoms with Crippen LogP contribution in [0.2, 0.25) is 0 Å². The second-order valence-electron chi connectivity index (χ2n) is 6.20. The zero-order chi connectivity index (χ0) is 18.6. The fourth-order valence-corrected chi connectivity index (χ4v) is 4.43. The van der Waals surface area contributed by atoms with Gasteiger partial charge in [-0.25, -0.2) is 8.42 Å². The van der Waals surface area contributed by atoms with Crippen molar-refractivity contribution < 1.29 is 18.1 Å². The van der Waals surface area contributed by atoms with Crippen molar-refractivity contribution in [1.29, 1.82) is 0 Å². The molecular formula is C16H23N3O5S. The van der Waals surface area contributed by atoms with Crippen molar-refractivity contribution in [2.75, 3.05) is 6.54 Å². The molecule has 1 aromatic carbocycles. The van der Waals surface area contributed by atoms with Gasteiger partial charge in [-0.05, 0) is 38.3 Å². The van der Waals surface area contributed by atoms with E-state index < -0.39 is 21.0 Å². The summed E-state index contributed by atoms with van der Waals surface area (Å²) in [5.74, 6) is -0.292. The molecule has 0 spiro atoms. The average molecular weight is 369 g/mol. The van der Waals surface area contributed by atoms with Crippen LogP contribution in [0.25, 0.3) is 0 Å². The van der Waals surface area contributed by atoms with Crippen LogP contribution in [-0.2, 0) is 14.8 Å². The van der Waals surface area contributed by atoms with Gasteiger partial charge in [0.05, 0.1) is 9.82 Å². The monoisotopic (exact) mass is 369 g/mol. The summed E-state index contributed by atoms with van der Waals surface area (Å²) in [7, 11) is -3.89. The summed E-state index contributed by atoms with van der Waals surface area (Å²) in [6.45, 7) is 4.07. The Bertz CT molecular complexity index is 733. The van der Waals surface area contributed by atoms with Crippen molar-refractivity contribution in [3.63, 3.8) is 0 Å². The predicted octanol–water partition coefficient (Wildman–Crippen LogP) is 2.05. The molecule has 0 aromatic heterocycles. The molecule has 2 atom stereocenters. The van der Waals surface area contributed by atoms with Crippen molar-refractivity contribution in [1.82, 2.24) is 9.62 Å². The lowest BCUT2D eigenvalue weighted by atomic mass is 10.0. The fraction of sp³-hybridized carbons (Fsp3) is 0.562. The molecule has 1 aliphatic rings. The van der Waals surface area contributed by atoms with Crippen LogP contribution >= 0.6 is 0 Å². The largest absolute Gasteiger partial charge is 0.352 e. The van der Waals surface area contributed by atoms with Crippen LogP contribution in [0.1, 0.15) is 39.5 Å². The van der Waals surface area contributed by atoms with Crippen LogP contribution < -0.4 is 5.32 Å². The molecule has 0 unspecified atom stereocenters. The van der Waals surface area contributed by atoms with Gasteiger partial charge in [-0.2, -0.15) is 4.31 Å². The summed E-state index contributed by atoms with van der Waals surface area (Å²) in [6.07, 6.45) is 2.69. The third-order valence-electron chi connectivity index (χ3n) is 4.41. The van der Waals surface area contributed by atoms with Crippen molar-refractivity contribution in [2.45, 2.75) is 56.5 Å². The molecule has 0 bridgehead atoms.